The maximum Gasteiger partial charge on any atom is 0.227 e. The molecule has 7 rings (SSSR count). The molecule has 1 aromatic heterocycles. The Balaban J connectivity index is 1.39. The first kappa shape index (κ1) is 22.1. The van der Waals surface area contributed by atoms with E-state index in [-0.39, 0.29) is 0 Å². The second-order valence-corrected chi connectivity index (χ2v) is 9.25. The van der Waals surface area contributed by atoms with Crippen LogP contribution in [0.5, 0.6) is 0 Å². The number of para-hydroxylation sites is 1. The van der Waals surface area contributed by atoms with Crippen molar-refractivity contribution in [1.29, 1.82) is 0 Å². The molecular formula is C35H24N2O. The fraction of sp³-hybridized carbons (Fsp3) is 0. The first-order chi connectivity index (χ1) is 18.8. The molecule has 0 saturated carbocycles. The zero-order valence-electron chi connectivity index (χ0n) is 20.7. The molecule has 38 heavy (non-hydrogen) atoms. The molecule has 1 heterocycles. The highest BCUT2D eigenvalue weighted by Crippen LogP contribution is 2.41. The Morgan fingerprint density at radius 2 is 1.05 bits per heavy atom. The summed E-state index contributed by atoms with van der Waals surface area (Å²) in [6.45, 7) is 0. The second-order valence-electron chi connectivity index (χ2n) is 9.25. The normalized spacial score (nSPS) is 11.2. The molecule has 0 N–H and O–H groups in total. The number of rotatable bonds is 5. The Kier molecular flexibility index (Phi) is 5.45. The Morgan fingerprint density at radius 1 is 0.447 bits per heavy atom. The minimum absolute atomic E-state index is 0.634. The molecule has 7 aromatic rings. The predicted octanol–water partition coefficient (Wildman–Crippen LogP) is 9.78. The van der Waals surface area contributed by atoms with E-state index < -0.39 is 0 Å². The van der Waals surface area contributed by atoms with Gasteiger partial charge in [-0.05, 0) is 65.7 Å². The SMILES string of the molecule is c1ccc(-c2ccc(N(c3ccccc3)c3cccc4c3ccc3nc(-c5ccccc5)oc34)cc2)cc1. The van der Waals surface area contributed by atoms with Crippen molar-refractivity contribution < 1.29 is 4.42 Å². The fourth-order valence-electron chi connectivity index (χ4n) is 5.06. The van der Waals surface area contributed by atoms with Crippen LogP contribution < -0.4 is 4.90 Å². The quantitative estimate of drug-likeness (QED) is 0.241. The smallest absolute Gasteiger partial charge is 0.227 e. The molecule has 0 atom stereocenters. The van der Waals surface area contributed by atoms with E-state index >= 15 is 0 Å². The number of hydrogen-bond donors (Lipinski definition) is 0. The van der Waals surface area contributed by atoms with Crippen LogP contribution in [0.3, 0.4) is 0 Å². The molecule has 0 amide bonds. The van der Waals surface area contributed by atoms with Gasteiger partial charge < -0.3 is 9.32 Å². The van der Waals surface area contributed by atoms with Crippen LogP contribution in [0.15, 0.2) is 150 Å². The van der Waals surface area contributed by atoms with Gasteiger partial charge in [-0.25, -0.2) is 4.98 Å². The lowest BCUT2D eigenvalue weighted by atomic mass is 10.0. The largest absolute Gasteiger partial charge is 0.435 e. The highest BCUT2D eigenvalue weighted by atomic mass is 16.3. The van der Waals surface area contributed by atoms with E-state index in [1.165, 1.54) is 11.1 Å². The van der Waals surface area contributed by atoms with Gasteiger partial charge in [-0.1, -0.05) is 91.0 Å². The van der Waals surface area contributed by atoms with E-state index in [1.54, 1.807) is 0 Å². The van der Waals surface area contributed by atoms with Crippen LogP contribution in [0.1, 0.15) is 0 Å². The van der Waals surface area contributed by atoms with Gasteiger partial charge in [-0.15, -0.1) is 0 Å². The Bertz CT molecular complexity index is 1840. The number of anilines is 3. The fourth-order valence-corrected chi connectivity index (χ4v) is 5.06. The van der Waals surface area contributed by atoms with Crippen LogP contribution in [0.25, 0.3) is 44.5 Å². The first-order valence-electron chi connectivity index (χ1n) is 12.7. The molecule has 0 saturated heterocycles. The third-order valence-corrected chi connectivity index (χ3v) is 6.90. The summed E-state index contributed by atoms with van der Waals surface area (Å²) in [5.74, 6) is 0.634. The summed E-state index contributed by atoms with van der Waals surface area (Å²) < 4.78 is 6.35. The van der Waals surface area contributed by atoms with Gasteiger partial charge in [0, 0.05) is 27.7 Å². The average Bonchev–Trinajstić information content (AvgIpc) is 3.45. The minimum atomic E-state index is 0.634. The van der Waals surface area contributed by atoms with Crippen molar-refractivity contribution in [3.63, 3.8) is 0 Å². The molecular weight excluding hydrogens is 464 g/mol. The standard InChI is InChI=1S/C35H24N2O/c1-4-11-25(12-5-1)26-19-21-29(22-20-26)37(28-15-8-3-9-16-28)33-18-10-17-31-30(33)23-24-32-34(31)38-35(36-32)27-13-6-2-7-14-27/h1-24H. The summed E-state index contributed by atoms with van der Waals surface area (Å²) in [5, 5.41) is 2.14. The van der Waals surface area contributed by atoms with Gasteiger partial charge in [-0.2, -0.15) is 0 Å². The molecule has 0 aliphatic heterocycles. The highest BCUT2D eigenvalue weighted by molar-refractivity contribution is 6.10. The van der Waals surface area contributed by atoms with Crippen LogP contribution in [0.4, 0.5) is 17.1 Å². The number of nitrogens with zero attached hydrogens (tertiary/aromatic N) is 2. The van der Waals surface area contributed by atoms with Crippen molar-refractivity contribution in [2.45, 2.75) is 0 Å². The first-order valence-corrected chi connectivity index (χ1v) is 12.7. The lowest BCUT2D eigenvalue weighted by Gasteiger charge is -2.27. The van der Waals surface area contributed by atoms with Crippen molar-refractivity contribution in [2.75, 3.05) is 4.90 Å². The number of hydrogen-bond acceptors (Lipinski definition) is 3. The molecule has 0 aliphatic rings. The van der Waals surface area contributed by atoms with Crippen molar-refractivity contribution in [3.05, 3.63) is 146 Å². The maximum absolute atomic E-state index is 6.35. The van der Waals surface area contributed by atoms with Gasteiger partial charge in [0.1, 0.15) is 5.52 Å². The summed E-state index contributed by atoms with van der Waals surface area (Å²) >= 11 is 0. The summed E-state index contributed by atoms with van der Waals surface area (Å²) in [6, 6.07) is 50.3. The molecule has 3 nitrogen and oxygen atoms in total. The second kappa shape index (κ2) is 9.38. The van der Waals surface area contributed by atoms with Crippen molar-refractivity contribution >= 4 is 38.9 Å². The number of oxazole rings is 1. The van der Waals surface area contributed by atoms with Gasteiger partial charge in [0.15, 0.2) is 5.58 Å². The molecule has 0 unspecified atom stereocenters. The van der Waals surface area contributed by atoms with Crippen LogP contribution in [0.2, 0.25) is 0 Å². The summed E-state index contributed by atoms with van der Waals surface area (Å²) in [5.41, 5.74) is 8.29. The molecule has 180 valence electrons. The number of aromatic nitrogens is 1. The van der Waals surface area contributed by atoms with Crippen LogP contribution in [0, 0.1) is 0 Å². The molecule has 0 radical (unpaired) electrons. The monoisotopic (exact) mass is 488 g/mol. The average molecular weight is 489 g/mol. The molecule has 0 bridgehead atoms. The highest BCUT2D eigenvalue weighted by Gasteiger charge is 2.18. The Morgan fingerprint density at radius 3 is 1.76 bits per heavy atom. The maximum atomic E-state index is 6.35. The predicted molar refractivity (Wildman–Crippen MR) is 157 cm³/mol. The summed E-state index contributed by atoms with van der Waals surface area (Å²) in [7, 11) is 0. The van der Waals surface area contributed by atoms with E-state index in [1.807, 2.05) is 42.5 Å². The topological polar surface area (TPSA) is 29.3 Å². The third-order valence-electron chi connectivity index (χ3n) is 6.90. The molecule has 0 fully saturated rings. The van der Waals surface area contributed by atoms with Gasteiger partial charge >= 0.3 is 0 Å². The lowest BCUT2D eigenvalue weighted by Crippen LogP contribution is -2.10. The van der Waals surface area contributed by atoms with E-state index in [9.17, 15) is 0 Å². The Labute approximate surface area is 221 Å². The van der Waals surface area contributed by atoms with Crippen LogP contribution in [-0.2, 0) is 0 Å². The van der Waals surface area contributed by atoms with Gasteiger partial charge in [-0.3, -0.25) is 0 Å². The molecule has 6 aromatic carbocycles. The van der Waals surface area contributed by atoms with E-state index in [2.05, 4.69) is 108 Å². The molecule has 0 aliphatic carbocycles. The van der Waals surface area contributed by atoms with Crippen LogP contribution >= 0.6 is 0 Å². The van der Waals surface area contributed by atoms with Gasteiger partial charge in [0.25, 0.3) is 0 Å². The zero-order chi connectivity index (χ0) is 25.3. The third kappa shape index (κ3) is 3.91. The van der Waals surface area contributed by atoms with Crippen LogP contribution in [-0.4, -0.2) is 4.98 Å². The van der Waals surface area contributed by atoms with E-state index in [0.29, 0.717) is 5.89 Å². The summed E-state index contributed by atoms with van der Waals surface area (Å²) in [4.78, 5) is 7.09. The summed E-state index contributed by atoms with van der Waals surface area (Å²) in [6.07, 6.45) is 0. The van der Waals surface area contributed by atoms with Gasteiger partial charge in [0.2, 0.25) is 5.89 Å². The van der Waals surface area contributed by atoms with Crippen molar-refractivity contribution in [3.8, 4) is 22.6 Å². The van der Waals surface area contributed by atoms with Crippen molar-refractivity contribution in [1.82, 2.24) is 4.98 Å². The van der Waals surface area contributed by atoms with E-state index in [0.717, 1.165) is 44.5 Å². The molecule has 0 spiro atoms. The number of fused-ring (bicyclic) bond motifs is 3. The molecule has 3 heteroatoms. The zero-order valence-corrected chi connectivity index (χ0v) is 20.7. The number of benzene rings is 6. The Hall–Kier alpha value is -5.15. The minimum Gasteiger partial charge on any atom is -0.435 e. The van der Waals surface area contributed by atoms with E-state index in [4.69, 9.17) is 9.40 Å². The van der Waals surface area contributed by atoms with Crippen molar-refractivity contribution in [2.24, 2.45) is 0 Å². The van der Waals surface area contributed by atoms with Gasteiger partial charge in [0.05, 0.1) is 5.69 Å². The lowest BCUT2D eigenvalue weighted by molar-refractivity contribution is 0.623.